The number of hydrogen-bond donors (Lipinski definition) is 2. The van der Waals surface area contributed by atoms with Crippen LogP contribution in [0.1, 0.15) is 12.5 Å². The summed E-state index contributed by atoms with van der Waals surface area (Å²) in [6, 6.07) is 14.9. The van der Waals surface area contributed by atoms with Crippen molar-refractivity contribution in [2.24, 2.45) is 5.10 Å². The van der Waals surface area contributed by atoms with Crippen molar-refractivity contribution in [3.05, 3.63) is 54.1 Å². The van der Waals surface area contributed by atoms with Gasteiger partial charge in [-0.2, -0.15) is 5.10 Å². The fourth-order valence-corrected chi connectivity index (χ4v) is 2.00. The summed E-state index contributed by atoms with van der Waals surface area (Å²) in [7, 11) is 1.59. The minimum absolute atomic E-state index is 0.0982. The normalized spacial score (nSPS) is 10.4. The lowest BCUT2D eigenvalue weighted by atomic mass is 10.2. The summed E-state index contributed by atoms with van der Waals surface area (Å²) in [4.78, 5) is 11.8. The van der Waals surface area contributed by atoms with Gasteiger partial charge in [-0.15, -0.1) is 0 Å². The number of ether oxygens (including phenoxy) is 2. The number of nitrogens with zero attached hydrogens (tertiary/aromatic N) is 1. The number of amides is 1. The van der Waals surface area contributed by atoms with Gasteiger partial charge in [-0.1, -0.05) is 12.1 Å². The van der Waals surface area contributed by atoms with Crippen molar-refractivity contribution in [1.29, 1.82) is 0 Å². The molecular formula is C18H21N3O3. The van der Waals surface area contributed by atoms with Crippen molar-refractivity contribution in [3.63, 3.8) is 0 Å². The van der Waals surface area contributed by atoms with Crippen LogP contribution >= 0.6 is 0 Å². The molecule has 0 atom stereocenters. The van der Waals surface area contributed by atoms with Gasteiger partial charge in [-0.05, 0) is 48.9 Å². The molecule has 0 radical (unpaired) electrons. The lowest BCUT2D eigenvalue weighted by molar-refractivity contribution is -0.119. The highest BCUT2D eigenvalue weighted by atomic mass is 16.5. The van der Waals surface area contributed by atoms with Crippen LogP contribution in [0, 0.1) is 0 Å². The first-order chi connectivity index (χ1) is 11.7. The summed E-state index contributed by atoms with van der Waals surface area (Å²) in [5, 5.41) is 6.94. The molecule has 0 heterocycles. The van der Waals surface area contributed by atoms with Gasteiger partial charge in [0.25, 0.3) is 5.91 Å². The van der Waals surface area contributed by atoms with Crippen molar-refractivity contribution in [3.8, 4) is 11.5 Å². The second-order valence-electron chi connectivity index (χ2n) is 4.85. The van der Waals surface area contributed by atoms with E-state index in [-0.39, 0.29) is 12.5 Å². The molecule has 0 spiro atoms. The molecule has 0 aliphatic carbocycles. The molecular weight excluding hydrogens is 306 g/mol. The Labute approximate surface area is 141 Å². The summed E-state index contributed by atoms with van der Waals surface area (Å²) >= 11 is 0. The number of rotatable bonds is 8. The van der Waals surface area contributed by atoms with Gasteiger partial charge in [0.2, 0.25) is 0 Å². The van der Waals surface area contributed by atoms with Crippen LogP contribution < -0.4 is 20.2 Å². The smallest absolute Gasteiger partial charge is 0.259 e. The second kappa shape index (κ2) is 9.19. The third kappa shape index (κ3) is 5.31. The van der Waals surface area contributed by atoms with Gasteiger partial charge in [-0.3, -0.25) is 4.79 Å². The molecule has 6 nitrogen and oxygen atoms in total. The standard InChI is InChI=1S/C18H21N3O3/c1-3-24-15-10-8-14(9-11-15)12-20-21-18(22)13-19-16-6-4-5-7-17(16)23-2/h4-12,19H,3,13H2,1-2H3,(H,21,22). The number of para-hydroxylation sites is 2. The van der Waals surface area contributed by atoms with Gasteiger partial charge in [0.05, 0.1) is 32.2 Å². The maximum Gasteiger partial charge on any atom is 0.259 e. The number of nitrogens with one attached hydrogen (secondary N) is 2. The highest BCUT2D eigenvalue weighted by Crippen LogP contribution is 2.22. The molecule has 126 valence electrons. The molecule has 0 unspecified atom stereocenters. The average molecular weight is 327 g/mol. The van der Waals surface area contributed by atoms with E-state index in [0.29, 0.717) is 12.4 Å². The van der Waals surface area contributed by atoms with Crippen molar-refractivity contribution < 1.29 is 14.3 Å². The molecule has 2 aromatic rings. The van der Waals surface area contributed by atoms with Crippen LogP contribution in [-0.2, 0) is 4.79 Å². The van der Waals surface area contributed by atoms with E-state index in [4.69, 9.17) is 9.47 Å². The van der Waals surface area contributed by atoms with Crippen LogP contribution in [0.4, 0.5) is 5.69 Å². The van der Waals surface area contributed by atoms with Crippen LogP contribution in [0.15, 0.2) is 53.6 Å². The predicted octanol–water partition coefficient (Wildman–Crippen LogP) is 2.66. The third-order valence-corrected chi connectivity index (χ3v) is 3.14. The van der Waals surface area contributed by atoms with Gasteiger partial charge in [0.1, 0.15) is 11.5 Å². The summed E-state index contributed by atoms with van der Waals surface area (Å²) in [6.45, 7) is 2.66. The number of hydrazone groups is 1. The largest absolute Gasteiger partial charge is 0.495 e. The van der Waals surface area contributed by atoms with E-state index >= 15 is 0 Å². The summed E-state index contributed by atoms with van der Waals surface area (Å²) in [6.07, 6.45) is 1.58. The van der Waals surface area contributed by atoms with E-state index in [9.17, 15) is 4.79 Å². The van der Waals surface area contributed by atoms with Crippen LogP contribution in [0.2, 0.25) is 0 Å². The Hall–Kier alpha value is -3.02. The molecule has 0 aliphatic heterocycles. The first-order valence-electron chi connectivity index (χ1n) is 7.64. The van der Waals surface area contributed by atoms with E-state index in [1.54, 1.807) is 13.3 Å². The van der Waals surface area contributed by atoms with E-state index < -0.39 is 0 Å². The van der Waals surface area contributed by atoms with Crippen LogP contribution in [0.5, 0.6) is 11.5 Å². The molecule has 0 fully saturated rings. The van der Waals surface area contributed by atoms with Crippen LogP contribution in [0.3, 0.4) is 0 Å². The van der Waals surface area contributed by atoms with Gasteiger partial charge in [0.15, 0.2) is 0 Å². The van der Waals surface area contributed by atoms with Gasteiger partial charge >= 0.3 is 0 Å². The maximum atomic E-state index is 11.8. The second-order valence-corrected chi connectivity index (χ2v) is 4.85. The number of anilines is 1. The topological polar surface area (TPSA) is 72.0 Å². The minimum atomic E-state index is -0.247. The van der Waals surface area contributed by atoms with Crippen LogP contribution in [0.25, 0.3) is 0 Å². The fourth-order valence-electron chi connectivity index (χ4n) is 2.00. The van der Waals surface area contributed by atoms with E-state index in [0.717, 1.165) is 17.0 Å². The highest BCUT2D eigenvalue weighted by molar-refractivity contribution is 5.84. The Morgan fingerprint density at radius 1 is 1.17 bits per heavy atom. The maximum absolute atomic E-state index is 11.8. The Morgan fingerprint density at radius 2 is 1.92 bits per heavy atom. The SMILES string of the molecule is CCOc1ccc(C=NNC(=O)CNc2ccccc2OC)cc1. The van der Waals surface area contributed by atoms with Crippen molar-refractivity contribution in [1.82, 2.24) is 5.43 Å². The van der Waals surface area contributed by atoms with Gasteiger partial charge in [-0.25, -0.2) is 5.43 Å². The van der Waals surface area contributed by atoms with Crippen LogP contribution in [-0.4, -0.2) is 32.4 Å². The summed E-state index contributed by atoms with van der Waals surface area (Å²) < 4.78 is 10.6. The minimum Gasteiger partial charge on any atom is -0.495 e. The van der Waals surface area contributed by atoms with E-state index in [2.05, 4.69) is 15.8 Å². The average Bonchev–Trinajstić information content (AvgIpc) is 2.62. The quantitative estimate of drug-likeness (QED) is 0.577. The molecule has 6 heteroatoms. The molecule has 1 amide bonds. The lowest BCUT2D eigenvalue weighted by Gasteiger charge is -2.09. The van der Waals surface area contributed by atoms with E-state index in [1.165, 1.54) is 0 Å². The molecule has 0 bridgehead atoms. The Bertz CT molecular complexity index is 684. The first-order valence-corrected chi connectivity index (χ1v) is 7.64. The van der Waals surface area contributed by atoms with Gasteiger partial charge < -0.3 is 14.8 Å². The monoisotopic (exact) mass is 327 g/mol. The summed E-state index contributed by atoms with van der Waals surface area (Å²) in [5.41, 5.74) is 4.10. The van der Waals surface area contributed by atoms with Crippen molar-refractivity contribution in [2.75, 3.05) is 25.6 Å². The molecule has 0 saturated carbocycles. The summed E-state index contributed by atoms with van der Waals surface area (Å²) in [5.74, 6) is 1.24. The molecule has 0 aromatic heterocycles. The zero-order valence-corrected chi connectivity index (χ0v) is 13.8. The number of carbonyl (C=O) groups is 1. The fraction of sp³-hybridized carbons (Fsp3) is 0.222. The van der Waals surface area contributed by atoms with Crippen molar-refractivity contribution in [2.45, 2.75) is 6.92 Å². The predicted molar refractivity (Wildman–Crippen MR) is 94.8 cm³/mol. The van der Waals surface area contributed by atoms with Crippen molar-refractivity contribution >= 4 is 17.8 Å². The molecule has 2 rings (SSSR count). The zero-order valence-electron chi connectivity index (χ0n) is 13.8. The number of carbonyl (C=O) groups excluding carboxylic acids is 1. The third-order valence-electron chi connectivity index (χ3n) is 3.14. The lowest BCUT2D eigenvalue weighted by Crippen LogP contribution is -2.26. The highest BCUT2D eigenvalue weighted by Gasteiger charge is 2.03. The van der Waals surface area contributed by atoms with Gasteiger partial charge in [0, 0.05) is 0 Å². The Morgan fingerprint density at radius 3 is 2.62 bits per heavy atom. The van der Waals surface area contributed by atoms with E-state index in [1.807, 2.05) is 55.5 Å². The number of hydrogen-bond acceptors (Lipinski definition) is 5. The Kier molecular flexibility index (Phi) is 6.64. The zero-order chi connectivity index (χ0) is 17.2. The number of methoxy groups -OCH3 is 1. The number of benzene rings is 2. The molecule has 2 aromatic carbocycles. The molecule has 0 saturated heterocycles. The first kappa shape index (κ1) is 17.3. The molecule has 2 N–H and O–H groups in total. The molecule has 24 heavy (non-hydrogen) atoms. The Balaban J connectivity index is 1.80. The molecule has 0 aliphatic rings.